The number of hydrogen-bond donors (Lipinski definition) is 2. The van der Waals surface area contributed by atoms with E-state index in [-0.39, 0.29) is 5.56 Å². The van der Waals surface area contributed by atoms with Crippen LogP contribution < -0.4 is 11.0 Å². The number of hydrazone groups is 1. The molecule has 0 spiro atoms. The zero-order valence-corrected chi connectivity index (χ0v) is 15.2. The third kappa shape index (κ3) is 3.78. The van der Waals surface area contributed by atoms with Gasteiger partial charge in [-0.3, -0.25) is 15.3 Å². The minimum absolute atomic E-state index is 0.175. The second-order valence-electron chi connectivity index (χ2n) is 5.62. The monoisotopic (exact) mass is 374 g/mol. The zero-order valence-electron chi connectivity index (χ0n) is 13.7. The van der Waals surface area contributed by atoms with Crippen LogP contribution in [0.15, 0.2) is 52.4 Å². The van der Waals surface area contributed by atoms with Crippen molar-refractivity contribution in [1.82, 2.24) is 9.78 Å². The van der Waals surface area contributed by atoms with Gasteiger partial charge in [-0.2, -0.15) is 5.10 Å². The molecule has 0 bridgehead atoms. The summed E-state index contributed by atoms with van der Waals surface area (Å²) < 4.78 is 1.50. The Balaban J connectivity index is 1.88. The topological polar surface area (TPSA) is 62.2 Å². The smallest absolute Gasteiger partial charge is 0.280 e. The van der Waals surface area contributed by atoms with Crippen LogP contribution in [-0.2, 0) is 0 Å². The van der Waals surface area contributed by atoms with E-state index in [2.05, 4.69) is 15.6 Å². The normalized spacial score (nSPS) is 11.2. The Morgan fingerprint density at radius 2 is 1.96 bits per heavy atom. The number of hydrogen-bond acceptors (Lipinski definition) is 3. The van der Waals surface area contributed by atoms with Crippen molar-refractivity contribution in [2.75, 3.05) is 5.43 Å². The average Bonchev–Trinajstić information content (AvgIpc) is 2.86. The van der Waals surface area contributed by atoms with Gasteiger partial charge in [0.1, 0.15) is 0 Å². The number of rotatable bonds is 4. The van der Waals surface area contributed by atoms with E-state index in [1.54, 1.807) is 18.2 Å². The van der Waals surface area contributed by atoms with Gasteiger partial charge >= 0.3 is 0 Å². The molecular formula is C18H16Cl2N4O. The molecule has 0 aliphatic heterocycles. The third-order valence-corrected chi connectivity index (χ3v) is 4.25. The van der Waals surface area contributed by atoms with E-state index in [4.69, 9.17) is 23.2 Å². The van der Waals surface area contributed by atoms with Crippen LogP contribution in [0.5, 0.6) is 0 Å². The van der Waals surface area contributed by atoms with Crippen LogP contribution in [0.3, 0.4) is 0 Å². The molecule has 0 atom stereocenters. The largest absolute Gasteiger partial charge is 0.295 e. The Hall–Kier alpha value is -2.50. The maximum atomic E-state index is 12.6. The van der Waals surface area contributed by atoms with Gasteiger partial charge in [-0.25, -0.2) is 4.68 Å². The predicted octanol–water partition coefficient (Wildman–Crippen LogP) is 4.54. The highest BCUT2D eigenvalue weighted by molar-refractivity contribution is 6.35. The van der Waals surface area contributed by atoms with E-state index >= 15 is 0 Å². The maximum absolute atomic E-state index is 12.6. The van der Waals surface area contributed by atoms with Crippen molar-refractivity contribution >= 4 is 35.1 Å². The minimum Gasteiger partial charge on any atom is -0.295 e. The van der Waals surface area contributed by atoms with Crippen LogP contribution >= 0.6 is 23.2 Å². The van der Waals surface area contributed by atoms with Crippen molar-refractivity contribution < 1.29 is 0 Å². The SMILES string of the molecule is Cc1cccc(-n2[nH]c(C)c(/C=N/Nc3cc(Cl)ccc3Cl)c2=O)c1. The van der Waals surface area contributed by atoms with Crippen LogP contribution in [0.25, 0.3) is 5.69 Å². The molecule has 2 aromatic carbocycles. The second kappa shape index (κ2) is 7.17. The molecule has 0 saturated carbocycles. The molecule has 7 heteroatoms. The Bertz CT molecular complexity index is 1000. The molecular weight excluding hydrogens is 359 g/mol. The number of benzene rings is 2. The van der Waals surface area contributed by atoms with Crippen LogP contribution in [0.4, 0.5) is 5.69 Å². The van der Waals surface area contributed by atoms with Gasteiger partial charge in [-0.15, -0.1) is 0 Å². The van der Waals surface area contributed by atoms with E-state index < -0.39 is 0 Å². The maximum Gasteiger partial charge on any atom is 0.280 e. The van der Waals surface area contributed by atoms with Crippen molar-refractivity contribution in [3.63, 3.8) is 0 Å². The summed E-state index contributed by atoms with van der Waals surface area (Å²) in [5.74, 6) is 0. The third-order valence-electron chi connectivity index (χ3n) is 3.68. The van der Waals surface area contributed by atoms with E-state index in [1.165, 1.54) is 10.9 Å². The molecule has 3 aromatic rings. The van der Waals surface area contributed by atoms with E-state index in [0.29, 0.717) is 27.0 Å². The molecule has 128 valence electrons. The molecule has 0 fully saturated rings. The van der Waals surface area contributed by atoms with Gasteiger partial charge in [0.25, 0.3) is 5.56 Å². The van der Waals surface area contributed by atoms with Crippen molar-refractivity contribution in [3.8, 4) is 5.69 Å². The van der Waals surface area contributed by atoms with Gasteiger partial charge in [0.05, 0.1) is 28.2 Å². The van der Waals surface area contributed by atoms with Crippen molar-refractivity contribution in [3.05, 3.63) is 79.7 Å². The first-order chi connectivity index (χ1) is 12.0. The van der Waals surface area contributed by atoms with Gasteiger partial charge in [-0.1, -0.05) is 35.3 Å². The number of nitrogens with one attached hydrogen (secondary N) is 2. The summed E-state index contributed by atoms with van der Waals surface area (Å²) in [5, 5.41) is 8.21. The van der Waals surface area contributed by atoms with Gasteiger partial charge in [0.15, 0.2) is 0 Å². The predicted molar refractivity (Wildman–Crippen MR) is 104 cm³/mol. The molecule has 3 rings (SSSR count). The van der Waals surface area contributed by atoms with Crippen LogP contribution in [-0.4, -0.2) is 16.0 Å². The van der Waals surface area contributed by atoms with Crippen LogP contribution in [0.2, 0.25) is 10.0 Å². The first-order valence-electron chi connectivity index (χ1n) is 7.58. The Kier molecular flexibility index (Phi) is 4.97. The number of halogens is 2. The molecule has 1 heterocycles. The summed E-state index contributed by atoms with van der Waals surface area (Å²) in [6, 6.07) is 12.7. The van der Waals surface area contributed by atoms with Crippen LogP contribution in [0.1, 0.15) is 16.8 Å². The van der Waals surface area contributed by atoms with E-state index in [1.807, 2.05) is 38.1 Å². The summed E-state index contributed by atoms with van der Waals surface area (Å²) >= 11 is 12.0. The lowest BCUT2D eigenvalue weighted by atomic mass is 10.2. The molecule has 0 amide bonds. The zero-order chi connectivity index (χ0) is 18.0. The number of aryl methyl sites for hydroxylation is 2. The molecule has 0 aliphatic carbocycles. The standard InChI is InChI=1S/C18H16Cl2N4O/c1-11-4-3-5-14(8-11)24-18(25)15(12(2)23-24)10-21-22-17-9-13(19)6-7-16(17)20/h3-10,22-23H,1-2H3/b21-10+. The fourth-order valence-corrected chi connectivity index (χ4v) is 2.74. The second-order valence-corrected chi connectivity index (χ2v) is 6.47. The Morgan fingerprint density at radius 3 is 2.72 bits per heavy atom. The number of aromatic amines is 1. The van der Waals surface area contributed by atoms with Gasteiger partial charge in [0, 0.05) is 10.7 Å². The summed E-state index contributed by atoms with van der Waals surface area (Å²) in [5.41, 5.74) is 6.23. The summed E-state index contributed by atoms with van der Waals surface area (Å²) in [6.07, 6.45) is 1.47. The Labute approximate surface area is 154 Å². The van der Waals surface area contributed by atoms with Gasteiger partial charge in [0.2, 0.25) is 0 Å². The molecule has 1 aromatic heterocycles. The molecule has 2 N–H and O–H groups in total. The summed E-state index contributed by atoms with van der Waals surface area (Å²) in [4.78, 5) is 12.6. The summed E-state index contributed by atoms with van der Waals surface area (Å²) in [6.45, 7) is 3.80. The highest BCUT2D eigenvalue weighted by Gasteiger charge is 2.10. The average molecular weight is 375 g/mol. The first kappa shape index (κ1) is 17.3. The highest BCUT2D eigenvalue weighted by atomic mass is 35.5. The molecule has 25 heavy (non-hydrogen) atoms. The fraction of sp³-hybridized carbons (Fsp3) is 0.111. The quantitative estimate of drug-likeness (QED) is 0.520. The number of nitrogens with zero attached hydrogens (tertiary/aromatic N) is 2. The first-order valence-corrected chi connectivity index (χ1v) is 8.34. The van der Waals surface area contributed by atoms with Gasteiger partial charge in [-0.05, 0) is 49.7 Å². The lowest BCUT2D eigenvalue weighted by Crippen LogP contribution is -2.17. The van der Waals surface area contributed by atoms with Crippen molar-refractivity contribution in [1.29, 1.82) is 0 Å². The molecule has 0 unspecified atom stereocenters. The molecule has 0 saturated heterocycles. The summed E-state index contributed by atoms with van der Waals surface area (Å²) in [7, 11) is 0. The van der Waals surface area contributed by atoms with E-state index in [9.17, 15) is 4.79 Å². The fourth-order valence-electron chi connectivity index (χ4n) is 2.41. The number of H-pyrrole nitrogens is 1. The molecule has 5 nitrogen and oxygen atoms in total. The van der Waals surface area contributed by atoms with Gasteiger partial charge < -0.3 is 0 Å². The lowest BCUT2D eigenvalue weighted by molar-refractivity contribution is 0.834. The molecule has 0 aliphatic rings. The van der Waals surface area contributed by atoms with E-state index in [0.717, 1.165) is 11.3 Å². The Morgan fingerprint density at radius 1 is 1.16 bits per heavy atom. The lowest BCUT2D eigenvalue weighted by Gasteiger charge is -2.03. The number of aromatic nitrogens is 2. The van der Waals surface area contributed by atoms with Crippen molar-refractivity contribution in [2.45, 2.75) is 13.8 Å². The van der Waals surface area contributed by atoms with Crippen molar-refractivity contribution in [2.24, 2.45) is 5.10 Å². The highest BCUT2D eigenvalue weighted by Crippen LogP contribution is 2.25. The van der Waals surface area contributed by atoms with Crippen LogP contribution in [0, 0.1) is 13.8 Å². The minimum atomic E-state index is -0.175. The number of anilines is 1. The molecule has 0 radical (unpaired) electrons.